The molecule has 3 rings (SSSR count). The van der Waals surface area contributed by atoms with Crippen molar-refractivity contribution in [3.8, 4) is 11.1 Å². The van der Waals surface area contributed by atoms with Crippen molar-refractivity contribution in [3.05, 3.63) is 58.7 Å². The van der Waals surface area contributed by atoms with Crippen LogP contribution in [0.5, 0.6) is 0 Å². The maximum atomic E-state index is 12.6. The lowest BCUT2D eigenvalue weighted by Gasteiger charge is -2.07. The molecular weight excluding hydrogens is 284 g/mol. The zero-order valence-corrected chi connectivity index (χ0v) is 12.0. The van der Waals surface area contributed by atoms with Crippen LogP contribution in [0.4, 0.5) is 0 Å². The van der Waals surface area contributed by atoms with E-state index in [9.17, 15) is 14.4 Å². The first-order valence-corrected chi connectivity index (χ1v) is 6.58. The van der Waals surface area contributed by atoms with Crippen LogP contribution >= 0.6 is 0 Å². The monoisotopic (exact) mass is 296 g/mol. The molecule has 0 spiro atoms. The lowest BCUT2D eigenvalue weighted by atomic mass is 9.98. The molecule has 1 aliphatic rings. The largest absolute Gasteiger partial charge is 0.465 e. The number of hydrogen-bond acceptors (Lipinski definition) is 5. The highest BCUT2D eigenvalue weighted by Gasteiger charge is 2.34. The molecule has 0 saturated carbocycles. The molecule has 0 unspecified atom stereocenters. The molecule has 5 nitrogen and oxygen atoms in total. The molecule has 0 bridgehead atoms. The Morgan fingerprint density at radius 1 is 0.773 bits per heavy atom. The molecule has 0 heterocycles. The van der Waals surface area contributed by atoms with Crippen molar-refractivity contribution in [3.63, 3.8) is 0 Å². The van der Waals surface area contributed by atoms with E-state index in [-0.39, 0.29) is 16.9 Å². The third kappa shape index (κ3) is 1.83. The zero-order valence-electron chi connectivity index (χ0n) is 12.0. The highest BCUT2D eigenvalue weighted by atomic mass is 16.5. The van der Waals surface area contributed by atoms with Crippen molar-refractivity contribution < 1.29 is 23.9 Å². The molecular formula is C17H12O5. The van der Waals surface area contributed by atoms with Gasteiger partial charge >= 0.3 is 11.9 Å². The second-order valence-corrected chi connectivity index (χ2v) is 4.77. The van der Waals surface area contributed by atoms with Gasteiger partial charge in [-0.25, -0.2) is 9.59 Å². The van der Waals surface area contributed by atoms with Crippen LogP contribution in [0.15, 0.2) is 36.4 Å². The van der Waals surface area contributed by atoms with Gasteiger partial charge in [0.2, 0.25) is 0 Å². The quantitative estimate of drug-likeness (QED) is 0.679. The lowest BCUT2D eigenvalue weighted by Crippen LogP contribution is -2.08. The summed E-state index contributed by atoms with van der Waals surface area (Å²) in [5.41, 5.74) is 2.19. The number of hydrogen-bond donors (Lipinski definition) is 0. The Kier molecular flexibility index (Phi) is 3.25. The molecule has 2 aromatic rings. The first-order valence-electron chi connectivity index (χ1n) is 6.58. The van der Waals surface area contributed by atoms with Gasteiger partial charge in [-0.15, -0.1) is 0 Å². The van der Waals surface area contributed by atoms with E-state index in [0.29, 0.717) is 22.3 Å². The molecule has 2 aromatic carbocycles. The molecule has 0 fully saturated rings. The van der Waals surface area contributed by atoms with Crippen molar-refractivity contribution >= 4 is 17.7 Å². The minimum atomic E-state index is -0.586. The van der Waals surface area contributed by atoms with Gasteiger partial charge in [0, 0.05) is 16.7 Å². The fourth-order valence-corrected chi connectivity index (χ4v) is 2.73. The summed E-state index contributed by atoms with van der Waals surface area (Å²) >= 11 is 0. The molecule has 0 aromatic heterocycles. The first kappa shape index (κ1) is 14.0. The number of fused-ring (bicyclic) bond motifs is 3. The lowest BCUT2D eigenvalue weighted by molar-refractivity contribution is 0.0591. The van der Waals surface area contributed by atoms with Crippen LogP contribution in [0.1, 0.15) is 36.6 Å². The summed E-state index contributed by atoms with van der Waals surface area (Å²) in [5, 5.41) is 0. The second-order valence-electron chi connectivity index (χ2n) is 4.77. The molecule has 0 aliphatic heterocycles. The fraction of sp³-hybridized carbons (Fsp3) is 0.118. The van der Waals surface area contributed by atoms with E-state index in [1.54, 1.807) is 30.3 Å². The summed E-state index contributed by atoms with van der Waals surface area (Å²) in [5.74, 6) is -1.41. The normalized spacial score (nSPS) is 11.6. The minimum absolute atomic E-state index is 0.192. The average molecular weight is 296 g/mol. The standard InChI is InChI=1S/C17H12O5/c1-21-16(19)11-7-4-6-10-13(11)9-5-3-8-12(17(20)22-2)14(9)15(10)18/h3-8H,1-2H3. The molecule has 0 radical (unpaired) electrons. The fourth-order valence-electron chi connectivity index (χ4n) is 2.73. The molecule has 22 heavy (non-hydrogen) atoms. The number of carbonyl (C=O) groups excluding carboxylic acids is 3. The Balaban J connectivity index is 2.33. The van der Waals surface area contributed by atoms with Gasteiger partial charge in [-0.3, -0.25) is 4.79 Å². The molecule has 0 saturated heterocycles. The summed E-state index contributed by atoms with van der Waals surface area (Å²) in [7, 11) is 2.54. The van der Waals surface area contributed by atoms with E-state index >= 15 is 0 Å². The minimum Gasteiger partial charge on any atom is -0.465 e. The highest BCUT2D eigenvalue weighted by molar-refractivity contribution is 6.27. The summed E-state index contributed by atoms with van der Waals surface area (Å²) in [6, 6.07) is 9.74. The molecule has 5 heteroatoms. The highest BCUT2D eigenvalue weighted by Crippen LogP contribution is 2.40. The van der Waals surface area contributed by atoms with Crippen LogP contribution in [-0.2, 0) is 9.47 Å². The Bertz CT molecular complexity index is 820. The third-order valence-electron chi connectivity index (χ3n) is 3.68. The molecule has 110 valence electrons. The zero-order chi connectivity index (χ0) is 15.9. The number of methoxy groups -OCH3 is 2. The Labute approximate surface area is 126 Å². The van der Waals surface area contributed by atoms with E-state index in [2.05, 4.69) is 0 Å². The van der Waals surface area contributed by atoms with Crippen LogP contribution < -0.4 is 0 Å². The summed E-state index contributed by atoms with van der Waals surface area (Å²) in [6.45, 7) is 0. The summed E-state index contributed by atoms with van der Waals surface area (Å²) in [4.78, 5) is 36.5. The number of benzene rings is 2. The van der Waals surface area contributed by atoms with Crippen molar-refractivity contribution in [2.24, 2.45) is 0 Å². The summed E-state index contributed by atoms with van der Waals surface area (Å²) in [6.07, 6.45) is 0. The predicted octanol–water partition coefficient (Wildman–Crippen LogP) is 2.47. The molecule has 1 aliphatic carbocycles. The van der Waals surface area contributed by atoms with Crippen molar-refractivity contribution in [1.29, 1.82) is 0 Å². The van der Waals surface area contributed by atoms with E-state index in [4.69, 9.17) is 9.47 Å². The van der Waals surface area contributed by atoms with Gasteiger partial charge in [0.25, 0.3) is 0 Å². The molecule has 0 N–H and O–H groups in total. The van der Waals surface area contributed by atoms with Crippen molar-refractivity contribution in [2.75, 3.05) is 14.2 Å². The number of ketones is 1. The molecule has 0 amide bonds. The molecule has 0 atom stereocenters. The van der Waals surface area contributed by atoms with E-state index in [0.717, 1.165) is 0 Å². The second kappa shape index (κ2) is 5.11. The van der Waals surface area contributed by atoms with Crippen LogP contribution in [0.25, 0.3) is 11.1 Å². The smallest absolute Gasteiger partial charge is 0.338 e. The topological polar surface area (TPSA) is 69.7 Å². The number of esters is 2. The predicted molar refractivity (Wildman–Crippen MR) is 78.0 cm³/mol. The van der Waals surface area contributed by atoms with Crippen LogP contribution in [-0.4, -0.2) is 31.9 Å². The number of carbonyl (C=O) groups is 3. The Hall–Kier alpha value is -2.95. The van der Waals surface area contributed by atoms with Gasteiger partial charge in [-0.1, -0.05) is 24.3 Å². The van der Waals surface area contributed by atoms with E-state index < -0.39 is 11.9 Å². The van der Waals surface area contributed by atoms with Crippen molar-refractivity contribution in [2.45, 2.75) is 0 Å². The van der Waals surface area contributed by atoms with Crippen LogP contribution in [0.3, 0.4) is 0 Å². The van der Waals surface area contributed by atoms with Gasteiger partial charge in [0.1, 0.15) is 0 Å². The van der Waals surface area contributed by atoms with Crippen molar-refractivity contribution in [1.82, 2.24) is 0 Å². The van der Waals surface area contributed by atoms with E-state index in [1.165, 1.54) is 20.3 Å². The first-order chi connectivity index (χ1) is 10.6. The van der Waals surface area contributed by atoms with Gasteiger partial charge in [0.15, 0.2) is 5.78 Å². The van der Waals surface area contributed by atoms with Gasteiger partial charge in [-0.05, 0) is 17.7 Å². The Morgan fingerprint density at radius 3 is 1.82 bits per heavy atom. The third-order valence-corrected chi connectivity index (χ3v) is 3.68. The summed E-state index contributed by atoms with van der Waals surface area (Å²) < 4.78 is 9.49. The van der Waals surface area contributed by atoms with E-state index in [1.807, 2.05) is 0 Å². The Morgan fingerprint density at radius 2 is 1.27 bits per heavy atom. The van der Waals surface area contributed by atoms with Gasteiger partial charge in [0.05, 0.1) is 25.3 Å². The van der Waals surface area contributed by atoms with Crippen LogP contribution in [0.2, 0.25) is 0 Å². The average Bonchev–Trinajstić information content (AvgIpc) is 2.86. The SMILES string of the molecule is COC(=O)c1cccc2c1C(=O)c1cccc(C(=O)OC)c1-2. The maximum absolute atomic E-state index is 12.6. The number of rotatable bonds is 2. The maximum Gasteiger partial charge on any atom is 0.338 e. The number of ether oxygens (including phenoxy) is 2. The van der Waals surface area contributed by atoms with Gasteiger partial charge in [-0.2, -0.15) is 0 Å². The van der Waals surface area contributed by atoms with Crippen LogP contribution in [0, 0.1) is 0 Å². The van der Waals surface area contributed by atoms with Gasteiger partial charge < -0.3 is 9.47 Å².